The van der Waals surface area contributed by atoms with Crippen molar-refractivity contribution < 1.29 is 0 Å². The summed E-state index contributed by atoms with van der Waals surface area (Å²) in [4.78, 5) is 9.36. The number of nitrogens with one attached hydrogen (secondary N) is 1. The fourth-order valence-electron chi connectivity index (χ4n) is 1.59. The van der Waals surface area contributed by atoms with Gasteiger partial charge in [-0.3, -0.25) is 0 Å². The highest BCUT2D eigenvalue weighted by Crippen LogP contribution is 2.28. The fourth-order valence-corrected chi connectivity index (χ4v) is 2.11. The number of nitrogens with zero attached hydrogens (tertiary/aromatic N) is 2. The fraction of sp³-hybridized carbons (Fsp3) is 0.714. The zero-order chi connectivity index (χ0) is 13.8. The third-order valence-electron chi connectivity index (χ3n) is 2.62. The van der Waals surface area contributed by atoms with Gasteiger partial charge < -0.3 is 5.32 Å². The molecule has 0 aliphatic rings. The van der Waals surface area contributed by atoms with Crippen LogP contribution in [0.4, 0.5) is 5.82 Å². The van der Waals surface area contributed by atoms with Gasteiger partial charge in [-0.25, -0.2) is 9.97 Å². The lowest BCUT2D eigenvalue weighted by Crippen LogP contribution is -2.19. The zero-order valence-corrected chi connectivity index (χ0v) is 13.7. The maximum Gasteiger partial charge on any atom is 0.144 e. The van der Waals surface area contributed by atoms with Crippen LogP contribution in [0.3, 0.4) is 0 Å². The van der Waals surface area contributed by atoms with Crippen LogP contribution in [-0.4, -0.2) is 16.5 Å². The number of aromatic nitrogens is 2. The van der Waals surface area contributed by atoms with Crippen LogP contribution >= 0.6 is 15.9 Å². The molecule has 1 aromatic rings. The molecule has 18 heavy (non-hydrogen) atoms. The van der Waals surface area contributed by atoms with Gasteiger partial charge in [-0.15, -0.1) is 0 Å². The van der Waals surface area contributed by atoms with Gasteiger partial charge in [0, 0.05) is 12.0 Å². The SMILES string of the molecule is CCCNc1nc(C(C)(C)C)nc(CCC)c1Br. The molecule has 0 amide bonds. The summed E-state index contributed by atoms with van der Waals surface area (Å²) >= 11 is 3.63. The topological polar surface area (TPSA) is 37.8 Å². The van der Waals surface area contributed by atoms with Crippen LogP contribution in [0.1, 0.15) is 59.0 Å². The molecule has 3 nitrogen and oxygen atoms in total. The van der Waals surface area contributed by atoms with Crippen molar-refractivity contribution in [2.75, 3.05) is 11.9 Å². The monoisotopic (exact) mass is 313 g/mol. The van der Waals surface area contributed by atoms with Crippen molar-refractivity contribution in [1.29, 1.82) is 0 Å². The van der Waals surface area contributed by atoms with E-state index in [0.29, 0.717) is 0 Å². The van der Waals surface area contributed by atoms with Crippen LogP contribution in [0.5, 0.6) is 0 Å². The molecule has 0 aromatic carbocycles. The van der Waals surface area contributed by atoms with Gasteiger partial charge in [-0.1, -0.05) is 41.0 Å². The van der Waals surface area contributed by atoms with E-state index in [1.165, 1.54) is 0 Å². The molecule has 1 N–H and O–H groups in total. The van der Waals surface area contributed by atoms with Gasteiger partial charge in [0.1, 0.15) is 11.6 Å². The number of halogens is 1. The summed E-state index contributed by atoms with van der Waals surface area (Å²) in [6, 6.07) is 0. The molecular weight excluding hydrogens is 290 g/mol. The summed E-state index contributed by atoms with van der Waals surface area (Å²) < 4.78 is 1.02. The van der Waals surface area contributed by atoms with Crippen molar-refractivity contribution in [3.63, 3.8) is 0 Å². The van der Waals surface area contributed by atoms with E-state index >= 15 is 0 Å². The van der Waals surface area contributed by atoms with E-state index in [1.807, 2.05) is 0 Å². The van der Waals surface area contributed by atoms with Gasteiger partial charge >= 0.3 is 0 Å². The highest BCUT2D eigenvalue weighted by molar-refractivity contribution is 9.10. The molecule has 102 valence electrons. The number of anilines is 1. The Morgan fingerprint density at radius 1 is 1.11 bits per heavy atom. The van der Waals surface area contributed by atoms with Gasteiger partial charge in [0.05, 0.1) is 10.2 Å². The highest BCUT2D eigenvalue weighted by atomic mass is 79.9. The van der Waals surface area contributed by atoms with Crippen molar-refractivity contribution in [2.24, 2.45) is 0 Å². The Hall–Kier alpha value is -0.640. The minimum atomic E-state index is -0.0220. The molecule has 1 aromatic heterocycles. The Morgan fingerprint density at radius 2 is 1.78 bits per heavy atom. The third-order valence-corrected chi connectivity index (χ3v) is 3.45. The van der Waals surface area contributed by atoms with Crippen LogP contribution < -0.4 is 5.32 Å². The van der Waals surface area contributed by atoms with E-state index in [-0.39, 0.29) is 5.41 Å². The number of aryl methyl sites for hydroxylation is 1. The smallest absolute Gasteiger partial charge is 0.144 e. The van der Waals surface area contributed by atoms with Crippen molar-refractivity contribution >= 4 is 21.7 Å². The summed E-state index contributed by atoms with van der Waals surface area (Å²) in [6.07, 6.45) is 3.16. The van der Waals surface area contributed by atoms with Gasteiger partial charge in [0.25, 0.3) is 0 Å². The molecule has 0 aliphatic carbocycles. The van der Waals surface area contributed by atoms with Gasteiger partial charge in [-0.05, 0) is 28.8 Å². The van der Waals surface area contributed by atoms with Gasteiger partial charge in [0.15, 0.2) is 0 Å². The third kappa shape index (κ3) is 3.94. The predicted molar refractivity (Wildman–Crippen MR) is 81.2 cm³/mol. The summed E-state index contributed by atoms with van der Waals surface area (Å²) in [7, 11) is 0. The molecule has 0 bridgehead atoms. The zero-order valence-electron chi connectivity index (χ0n) is 12.1. The summed E-state index contributed by atoms with van der Waals surface area (Å²) in [5.41, 5.74) is 1.09. The molecule has 0 fully saturated rings. The van der Waals surface area contributed by atoms with Gasteiger partial charge in [-0.2, -0.15) is 0 Å². The second-order valence-electron chi connectivity index (χ2n) is 5.58. The number of hydrogen-bond donors (Lipinski definition) is 1. The van der Waals surface area contributed by atoms with Crippen LogP contribution in [0.25, 0.3) is 0 Å². The molecule has 0 unspecified atom stereocenters. The Labute approximate surface area is 119 Å². The second-order valence-corrected chi connectivity index (χ2v) is 6.38. The van der Waals surface area contributed by atoms with E-state index in [9.17, 15) is 0 Å². The minimum Gasteiger partial charge on any atom is -0.369 e. The van der Waals surface area contributed by atoms with E-state index < -0.39 is 0 Å². The molecule has 1 rings (SSSR count). The Kier molecular flexibility index (Phi) is 5.57. The van der Waals surface area contributed by atoms with E-state index in [1.54, 1.807) is 0 Å². The van der Waals surface area contributed by atoms with E-state index in [2.05, 4.69) is 60.8 Å². The maximum absolute atomic E-state index is 4.70. The first-order chi connectivity index (χ1) is 8.40. The normalized spacial score (nSPS) is 11.7. The molecule has 0 atom stereocenters. The molecule has 0 spiro atoms. The average Bonchev–Trinajstić information content (AvgIpc) is 2.29. The van der Waals surface area contributed by atoms with Gasteiger partial charge in [0.2, 0.25) is 0 Å². The molecule has 0 radical (unpaired) electrons. The summed E-state index contributed by atoms with van der Waals surface area (Å²) in [5, 5.41) is 3.38. The highest BCUT2D eigenvalue weighted by Gasteiger charge is 2.21. The Bertz CT molecular complexity index is 397. The lowest BCUT2D eigenvalue weighted by atomic mass is 9.95. The van der Waals surface area contributed by atoms with Crippen molar-refractivity contribution in [2.45, 2.75) is 59.3 Å². The van der Waals surface area contributed by atoms with Crippen molar-refractivity contribution in [1.82, 2.24) is 9.97 Å². The molecular formula is C14H24BrN3. The average molecular weight is 314 g/mol. The van der Waals surface area contributed by atoms with Crippen LogP contribution in [-0.2, 0) is 11.8 Å². The first-order valence-corrected chi connectivity index (χ1v) is 7.50. The Morgan fingerprint density at radius 3 is 2.28 bits per heavy atom. The van der Waals surface area contributed by atoms with E-state index in [0.717, 1.165) is 47.6 Å². The Balaban J connectivity index is 3.18. The number of rotatable bonds is 5. The maximum atomic E-state index is 4.70. The first kappa shape index (κ1) is 15.4. The van der Waals surface area contributed by atoms with Crippen LogP contribution in [0, 0.1) is 0 Å². The lowest BCUT2D eigenvalue weighted by Gasteiger charge is -2.20. The van der Waals surface area contributed by atoms with Crippen LogP contribution in [0.15, 0.2) is 4.47 Å². The second kappa shape index (κ2) is 6.50. The molecule has 0 saturated heterocycles. The first-order valence-electron chi connectivity index (χ1n) is 6.70. The standard InChI is InChI=1S/C14H24BrN3/c1-6-8-10-11(15)12(16-9-7-2)18-13(17-10)14(3,4)5/h6-9H2,1-5H3,(H,16,17,18). The van der Waals surface area contributed by atoms with Crippen molar-refractivity contribution in [3.8, 4) is 0 Å². The molecule has 0 saturated carbocycles. The predicted octanol–water partition coefficient (Wildman–Crippen LogP) is 4.31. The molecule has 4 heteroatoms. The number of hydrogen-bond acceptors (Lipinski definition) is 3. The van der Waals surface area contributed by atoms with Crippen LogP contribution in [0.2, 0.25) is 0 Å². The lowest BCUT2D eigenvalue weighted by molar-refractivity contribution is 0.540. The summed E-state index contributed by atoms with van der Waals surface area (Å²) in [6.45, 7) is 11.7. The van der Waals surface area contributed by atoms with Crippen molar-refractivity contribution in [3.05, 3.63) is 16.0 Å². The quantitative estimate of drug-likeness (QED) is 0.880. The van der Waals surface area contributed by atoms with E-state index in [4.69, 9.17) is 4.98 Å². The molecule has 1 heterocycles. The minimum absolute atomic E-state index is 0.0220. The summed E-state index contributed by atoms with van der Waals surface area (Å²) in [5.74, 6) is 1.84. The largest absolute Gasteiger partial charge is 0.369 e. The molecule has 0 aliphatic heterocycles.